The van der Waals surface area contributed by atoms with Gasteiger partial charge >= 0.3 is 5.97 Å². The summed E-state index contributed by atoms with van der Waals surface area (Å²) in [6, 6.07) is 0.00646. The largest absolute Gasteiger partial charge is 0.477 e. The molecule has 2 aromatic heterocycles. The number of hydrogen-bond donors (Lipinski definition) is 1. The molecule has 0 bridgehead atoms. The Hall–Kier alpha value is -1.69. The van der Waals surface area contributed by atoms with E-state index in [0.29, 0.717) is 15.8 Å². The topological polar surface area (TPSA) is 72.2 Å². The minimum atomic E-state index is -1.01. The van der Waals surface area contributed by atoms with Gasteiger partial charge in [-0.3, -0.25) is 9.36 Å². The van der Waals surface area contributed by atoms with E-state index >= 15 is 0 Å². The predicted molar refractivity (Wildman–Crippen MR) is 66.0 cm³/mol. The van der Waals surface area contributed by atoms with Crippen LogP contribution >= 0.6 is 11.3 Å². The van der Waals surface area contributed by atoms with Gasteiger partial charge in [0.25, 0.3) is 5.56 Å². The Balaban J connectivity index is 2.86. The van der Waals surface area contributed by atoms with Crippen LogP contribution in [0, 0.1) is 6.92 Å². The molecule has 5 nitrogen and oxygen atoms in total. The van der Waals surface area contributed by atoms with Gasteiger partial charge in [-0.15, -0.1) is 11.3 Å². The molecular weight excluding hydrogens is 240 g/mol. The zero-order valence-electron chi connectivity index (χ0n) is 9.72. The second-order valence-electron chi connectivity index (χ2n) is 4.09. The van der Waals surface area contributed by atoms with E-state index in [1.165, 1.54) is 10.9 Å². The Kier molecular flexibility index (Phi) is 2.74. The van der Waals surface area contributed by atoms with Crippen molar-refractivity contribution in [2.24, 2.45) is 0 Å². The molecule has 0 aromatic carbocycles. The molecule has 0 saturated carbocycles. The highest BCUT2D eigenvalue weighted by Crippen LogP contribution is 2.26. The average molecular weight is 252 g/mol. The smallest absolute Gasteiger partial charge is 0.346 e. The second kappa shape index (κ2) is 3.96. The summed E-state index contributed by atoms with van der Waals surface area (Å²) in [6.45, 7) is 5.42. The van der Waals surface area contributed by atoms with Crippen molar-refractivity contribution in [2.45, 2.75) is 26.8 Å². The molecule has 0 aliphatic heterocycles. The number of thiophene rings is 1. The summed E-state index contributed by atoms with van der Waals surface area (Å²) in [4.78, 5) is 28.0. The number of fused-ring (bicyclic) bond motifs is 1. The quantitative estimate of drug-likeness (QED) is 0.887. The summed E-state index contributed by atoms with van der Waals surface area (Å²) >= 11 is 1.04. The third-order valence-electron chi connectivity index (χ3n) is 2.63. The third-order valence-corrected chi connectivity index (χ3v) is 3.81. The Morgan fingerprint density at radius 2 is 2.18 bits per heavy atom. The van der Waals surface area contributed by atoms with Crippen molar-refractivity contribution < 1.29 is 9.90 Å². The van der Waals surface area contributed by atoms with Gasteiger partial charge in [0.15, 0.2) is 0 Å². The minimum absolute atomic E-state index is 0.00646. The molecule has 0 aliphatic carbocycles. The maximum Gasteiger partial charge on any atom is 0.346 e. The third kappa shape index (κ3) is 1.74. The SMILES string of the molecule is Cc1c(C(=O)O)sc2ncn(C(C)C)c(=O)c12. The van der Waals surface area contributed by atoms with Gasteiger partial charge in [0.05, 0.1) is 11.7 Å². The molecule has 0 radical (unpaired) electrons. The van der Waals surface area contributed by atoms with Crippen molar-refractivity contribution in [1.29, 1.82) is 0 Å². The van der Waals surface area contributed by atoms with Gasteiger partial charge in [0.2, 0.25) is 0 Å². The Morgan fingerprint density at radius 3 is 2.71 bits per heavy atom. The second-order valence-corrected chi connectivity index (χ2v) is 5.09. The number of carboxylic acid groups (broad SMARTS) is 1. The maximum absolute atomic E-state index is 12.2. The van der Waals surface area contributed by atoms with Crippen LogP contribution in [0.2, 0.25) is 0 Å². The molecule has 0 amide bonds. The molecule has 90 valence electrons. The maximum atomic E-state index is 12.2. The first-order valence-electron chi connectivity index (χ1n) is 5.17. The number of nitrogens with zero attached hydrogens (tertiary/aromatic N) is 2. The zero-order chi connectivity index (χ0) is 12.7. The van der Waals surface area contributed by atoms with Crippen molar-refractivity contribution in [3.8, 4) is 0 Å². The first-order chi connectivity index (χ1) is 7.93. The lowest BCUT2D eigenvalue weighted by atomic mass is 10.2. The molecule has 0 aliphatic rings. The highest BCUT2D eigenvalue weighted by atomic mass is 32.1. The number of hydrogen-bond acceptors (Lipinski definition) is 4. The van der Waals surface area contributed by atoms with Crippen LogP contribution in [0.3, 0.4) is 0 Å². The Bertz CT molecular complexity index is 655. The lowest BCUT2D eigenvalue weighted by molar-refractivity contribution is 0.0701. The summed E-state index contributed by atoms with van der Waals surface area (Å²) in [6.07, 6.45) is 1.47. The first-order valence-corrected chi connectivity index (χ1v) is 5.98. The molecule has 2 heterocycles. The van der Waals surface area contributed by atoms with E-state index in [2.05, 4.69) is 4.98 Å². The molecule has 2 aromatic rings. The molecule has 0 unspecified atom stereocenters. The van der Waals surface area contributed by atoms with Gasteiger partial charge in [-0.05, 0) is 26.3 Å². The van der Waals surface area contributed by atoms with Crippen LogP contribution in [0.5, 0.6) is 0 Å². The number of rotatable bonds is 2. The van der Waals surface area contributed by atoms with Crippen LogP contribution in [-0.4, -0.2) is 20.6 Å². The van der Waals surface area contributed by atoms with Gasteiger partial charge in [0.1, 0.15) is 9.71 Å². The molecule has 17 heavy (non-hydrogen) atoms. The van der Waals surface area contributed by atoms with Crippen molar-refractivity contribution in [3.63, 3.8) is 0 Å². The van der Waals surface area contributed by atoms with Gasteiger partial charge in [-0.25, -0.2) is 9.78 Å². The summed E-state index contributed by atoms with van der Waals surface area (Å²) < 4.78 is 1.51. The normalized spacial score (nSPS) is 11.3. The fourth-order valence-electron chi connectivity index (χ4n) is 1.71. The van der Waals surface area contributed by atoms with E-state index in [-0.39, 0.29) is 16.5 Å². The Labute approximate surface area is 101 Å². The van der Waals surface area contributed by atoms with Crippen molar-refractivity contribution in [1.82, 2.24) is 9.55 Å². The van der Waals surface area contributed by atoms with Gasteiger partial charge < -0.3 is 5.11 Å². The van der Waals surface area contributed by atoms with Gasteiger partial charge in [0, 0.05) is 6.04 Å². The minimum Gasteiger partial charge on any atom is -0.477 e. The van der Waals surface area contributed by atoms with Crippen LogP contribution in [0.1, 0.15) is 35.1 Å². The van der Waals surface area contributed by atoms with Crippen LogP contribution in [0.4, 0.5) is 0 Å². The molecule has 0 spiro atoms. The van der Waals surface area contributed by atoms with Crippen LogP contribution in [0.25, 0.3) is 10.2 Å². The molecule has 0 saturated heterocycles. The average Bonchev–Trinajstić information content (AvgIpc) is 2.56. The van der Waals surface area contributed by atoms with E-state index in [4.69, 9.17) is 5.11 Å². The van der Waals surface area contributed by atoms with E-state index in [1.807, 2.05) is 13.8 Å². The summed E-state index contributed by atoms with van der Waals surface area (Å²) in [5.74, 6) is -1.01. The zero-order valence-corrected chi connectivity index (χ0v) is 10.5. The number of carbonyl (C=O) groups is 1. The standard InChI is InChI=1S/C11H12N2O3S/c1-5(2)13-4-12-9-7(10(13)14)6(3)8(17-9)11(15)16/h4-5H,1-3H3,(H,15,16). The summed E-state index contributed by atoms with van der Waals surface area (Å²) in [5, 5.41) is 9.43. The van der Waals surface area contributed by atoms with Crippen molar-refractivity contribution in [3.05, 3.63) is 27.1 Å². The summed E-state index contributed by atoms with van der Waals surface area (Å²) in [7, 11) is 0. The molecular formula is C11H12N2O3S. The lowest BCUT2D eigenvalue weighted by Crippen LogP contribution is -2.22. The number of carboxylic acids is 1. The Morgan fingerprint density at radius 1 is 1.53 bits per heavy atom. The summed E-state index contributed by atoms with van der Waals surface area (Å²) in [5.41, 5.74) is 0.330. The number of aryl methyl sites for hydroxylation is 1. The van der Waals surface area contributed by atoms with Gasteiger partial charge in [-0.2, -0.15) is 0 Å². The molecule has 0 fully saturated rings. The molecule has 0 atom stereocenters. The van der Waals surface area contributed by atoms with Crippen LogP contribution < -0.4 is 5.56 Å². The van der Waals surface area contributed by atoms with Gasteiger partial charge in [-0.1, -0.05) is 0 Å². The van der Waals surface area contributed by atoms with Crippen molar-refractivity contribution in [2.75, 3.05) is 0 Å². The molecule has 1 N–H and O–H groups in total. The van der Waals surface area contributed by atoms with E-state index in [1.54, 1.807) is 6.92 Å². The lowest BCUT2D eigenvalue weighted by Gasteiger charge is -2.08. The predicted octanol–water partition coefficient (Wildman–Crippen LogP) is 2.05. The highest BCUT2D eigenvalue weighted by molar-refractivity contribution is 7.20. The van der Waals surface area contributed by atoms with E-state index in [9.17, 15) is 9.59 Å². The highest BCUT2D eigenvalue weighted by Gasteiger charge is 2.19. The van der Waals surface area contributed by atoms with E-state index in [0.717, 1.165) is 11.3 Å². The molecule has 2 rings (SSSR count). The number of aromatic nitrogens is 2. The van der Waals surface area contributed by atoms with Crippen LogP contribution in [0.15, 0.2) is 11.1 Å². The first kappa shape index (κ1) is 11.8. The number of aromatic carboxylic acids is 1. The fourth-order valence-corrected chi connectivity index (χ4v) is 2.69. The fraction of sp³-hybridized carbons (Fsp3) is 0.364. The monoisotopic (exact) mass is 252 g/mol. The van der Waals surface area contributed by atoms with Crippen LogP contribution in [-0.2, 0) is 0 Å². The van der Waals surface area contributed by atoms with Crippen molar-refractivity contribution >= 4 is 27.5 Å². The van der Waals surface area contributed by atoms with E-state index < -0.39 is 5.97 Å². The molecule has 6 heteroatoms.